The number of aliphatic hydroxyl groups is 1. The SMILES string of the molecule is CC1(c2cccnc2NC=O)Cc2cc(C=O)cnc2C1.CO. The molecular weight excluding hydrogens is 294 g/mol. The van der Waals surface area contributed by atoms with E-state index in [1.165, 1.54) is 0 Å². The van der Waals surface area contributed by atoms with Crippen LogP contribution in [0.1, 0.15) is 34.1 Å². The average Bonchev–Trinajstić information content (AvgIpc) is 2.93. The highest BCUT2D eigenvalue weighted by molar-refractivity contribution is 5.75. The zero-order valence-corrected chi connectivity index (χ0v) is 13.1. The van der Waals surface area contributed by atoms with Crippen LogP contribution in [0.15, 0.2) is 30.6 Å². The number of fused-ring (bicyclic) bond motifs is 1. The molecule has 1 amide bonds. The second-order valence-corrected chi connectivity index (χ2v) is 5.57. The van der Waals surface area contributed by atoms with Gasteiger partial charge in [-0.2, -0.15) is 0 Å². The van der Waals surface area contributed by atoms with Crippen molar-refractivity contribution in [3.8, 4) is 0 Å². The molecule has 0 fully saturated rings. The van der Waals surface area contributed by atoms with Gasteiger partial charge in [0.25, 0.3) is 0 Å². The fourth-order valence-corrected chi connectivity index (χ4v) is 3.04. The quantitative estimate of drug-likeness (QED) is 0.835. The van der Waals surface area contributed by atoms with E-state index in [4.69, 9.17) is 5.11 Å². The number of amides is 1. The summed E-state index contributed by atoms with van der Waals surface area (Å²) in [5.41, 5.74) is 3.49. The van der Waals surface area contributed by atoms with Gasteiger partial charge in [-0.15, -0.1) is 0 Å². The lowest BCUT2D eigenvalue weighted by Crippen LogP contribution is -2.24. The molecule has 23 heavy (non-hydrogen) atoms. The third-order valence-electron chi connectivity index (χ3n) is 4.01. The summed E-state index contributed by atoms with van der Waals surface area (Å²) in [6, 6.07) is 5.74. The van der Waals surface area contributed by atoms with Crippen molar-refractivity contribution < 1.29 is 14.7 Å². The number of aldehydes is 1. The highest BCUT2D eigenvalue weighted by Crippen LogP contribution is 2.41. The number of pyridine rings is 2. The standard InChI is InChI=1S/C16H15N3O2.CH4O/c1-16(13-3-2-4-17-15(13)19-10-21)6-12-5-11(9-20)8-18-14(12)7-16;1-2/h2-5,8-10H,6-7H2,1H3,(H,17,19,21);2H,1H3. The lowest BCUT2D eigenvalue weighted by molar-refractivity contribution is -0.105. The van der Waals surface area contributed by atoms with Crippen LogP contribution in [0.2, 0.25) is 0 Å². The molecule has 1 atom stereocenters. The summed E-state index contributed by atoms with van der Waals surface area (Å²) in [7, 11) is 1.00. The number of carbonyl (C=O) groups is 2. The van der Waals surface area contributed by atoms with E-state index in [1.807, 2.05) is 18.2 Å². The molecule has 2 heterocycles. The van der Waals surface area contributed by atoms with E-state index in [9.17, 15) is 9.59 Å². The number of aromatic nitrogens is 2. The van der Waals surface area contributed by atoms with Crippen molar-refractivity contribution in [1.29, 1.82) is 0 Å². The van der Waals surface area contributed by atoms with Gasteiger partial charge in [0.05, 0.1) is 0 Å². The van der Waals surface area contributed by atoms with Gasteiger partial charge in [-0.3, -0.25) is 14.6 Å². The molecule has 1 unspecified atom stereocenters. The summed E-state index contributed by atoms with van der Waals surface area (Å²) >= 11 is 0. The Bertz CT molecular complexity index is 718. The Labute approximate surface area is 134 Å². The van der Waals surface area contributed by atoms with E-state index < -0.39 is 0 Å². The Hall–Kier alpha value is -2.60. The molecule has 6 nitrogen and oxygen atoms in total. The third kappa shape index (κ3) is 3.27. The number of hydrogen-bond donors (Lipinski definition) is 2. The van der Waals surface area contributed by atoms with Gasteiger partial charge in [0.2, 0.25) is 6.41 Å². The summed E-state index contributed by atoms with van der Waals surface area (Å²) in [6.07, 6.45) is 6.25. The first-order valence-electron chi connectivity index (χ1n) is 7.20. The van der Waals surface area contributed by atoms with Gasteiger partial charge in [-0.25, -0.2) is 4.98 Å². The summed E-state index contributed by atoms with van der Waals surface area (Å²) in [5.74, 6) is 0.582. The highest BCUT2D eigenvalue weighted by Gasteiger charge is 2.37. The van der Waals surface area contributed by atoms with Gasteiger partial charge in [0.1, 0.15) is 5.82 Å². The van der Waals surface area contributed by atoms with Gasteiger partial charge in [-0.1, -0.05) is 13.0 Å². The Balaban J connectivity index is 0.000000924. The summed E-state index contributed by atoms with van der Waals surface area (Å²) in [6.45, 7) is 2.13. The molecule has 2 aromatic rings. The first kappa shape index (κ1) is 16.8. The molecule has 0 saturated heterocycles. The largest absolute Gasteiger partial charge is 0.400 e. The third-order valence-corrected chi connectivity index (χ3v) is 4.01. The van der Waals surface area contributed by atoms with E-state index in [1.54, 1.807) is 12.4 Å². The van der Waals surface area contributed by atoms with Crippen LogP contribution in [0.5, 0.6) is 0 Å². The fourth-order valence-electron chi connectivity index (χ4n) is 3.04. The van der Waals surface area contributed by atoms with Crippen LogP contribution >= 0.6 is 0 Å². The smallest absolute Gasteiger partial charge is 0.212 e. The maximum atomic E-state index is 10.9. The van der Waals surface area contributed by atoms with Crippen LogP contribution in [-0.4, -0.2) is 34.9 Å². The van der Waals surface area contributed by atoms with Gasteiger partial charge in [0, 0.05) is 41.7 Å². The lowest BCUT2D eigenvalue weighted by Gasteiger charge is -2.25. The summed E-state index contributed by atoms with van der Waals surface area (Å²) in [5, 5.41) is 9.66. The van der Waals surface area contributed by atoms with Gasteiger partial charge in [-0.05, 0) is 30.5 Å². The van der Waals surface area contributed by atoms with Crippen LogP contribution in [0.3, 0.4) is 0 Å². The maximum Gasteiger partial charge on any atom is 0.212 e. The molecule has 2 N–H and O–H groups in total. The minimum absolute atomic E-state index is 0.184. The van der Waals surface area contributed by atoms with E-state index in [2.05, 4.69) is 22.2 Å². The first-order valence-corrected chi connectivity index (χ1v) is 7.20. The van der Waals surface area contributed by atoms with Crippen molar-refractivity contribution in [2.45, 2.75) is 25.2 Å². The molecule has 0 aromatic carbocycles. The monoisotopic (exact) mass is 313 g/mol. The van der Waals surface area contributed by atoms with Gasteiger partial charge >= 0.3 is 0 Å². The summed E-state index contributed by atoms with van der Waals surface area (Å²) < 4.78 is 0. The first-order chi connectivity index (χ1) is 11.2. The van der Waals surface area contributed by atoms with Crippen molar-refractivity contribution in [2.24, 2.45) is 0 Å². The van der Waals surface area contributed by atoms with Crippen LogP contribution in [-0.2, 0) is 23.1 Å². The molecule has 2 aromatic heterocycles. The zero-order valence-electron chi connectivity index (χ0n) is 13.1. The number of anilines is 1. The van der Waals surface area contributed by atoms with Gasteiger partial charge in [0.15, 0.2) is 6.29 Å². The molecule has 0 radical (unpaired) electrons. The molecule has 6 heteroatoms. The van der Waals surface area contributed by atoms with Crippen molar-refractivity contribution in [3.63, 3.8) is 0 Å². The van der Waals surface area contributed by atoms with Crippen molar-refractivity contribution in [3.05, 3.63) is 53.0 Å². The number of nitrogens with zero attached hydrogens (tertiary/aromatic N) is 2. The minimum atomic E-state index is -0.184. The highest BCUT2D eigenvalue weighted by atomic mass is 16.2. The fraction of sp³-hybridized carbons (Fsp3) is 0.294. The van der Waals surface area contributed by atoms with E-state index in [-0.39, 0.29) is 5.41 Å². The van der Waals surface area contributed by atoms with Crippen LogP contribution in [0.4, 0.5) is 5.82 Å². The molecule has 3 rings (SSSR count). The molecule has 0 saturated carbocycles. The Kier molecular flexibility index (Phi) is 5.18. The number of carbonyl (C=O) groups excluding carboxylic acids is 2. The molecule has 120 valence electrons. The molecule has 0 spiro atoms. The molecule has 0 bridgehead atoms. The van der Waals surface area contributed by atoms with E-state index in [0.717, 1.165) is 43.1 Å². The Morgan fingerprint density at radius 1 is 1.26 bits per heavy atom. The topological polar surface area (TPSA) is 92.2 Å². The number of hydrogen-bond acceptors (Lipinski definition) is 5. The van der Waals surface area contributed by atoms with E-state index >= 15 is 0 Å². The van der Waals surface area contributed by atoms with Crippen molar-refractivity contribution in [1.82, 2.24) is 9.97 Å². The predicted molar refractivity (Wildman–Crippen MR) is 86.5 cm³/mol. The molecule has 0 aliphatic heterocycles. The number of aliphatic hydroxyl groups excluding tert-OH is 1. The van der Waals surface area contributed by atoms with Gasteiger partial charge < -0.3 is 10.4 Å². The van der Waals surface area contributed by atoms with Crippen molar-refractivity contribution in [2.75, 3.05) is 12.4 Å². The van der Waals surface area contributed by atoms with Crippen LogP contribution < -0.4 is 5.32 Å². The number of nitrogens with one attached hydrogen (secondary N) is 1. The maximum absolute atomic E-state index is 10.9. The lowest BCUT2D eigenvalue weighted by atomic mass is 9.80. The number of rotatable bonds is 4. The van der Waals surface area contributed by atoms with E-state index in [0.29, 0.717) is 17.8 Å². The normalized spacial score (nSPS) is 18.4. The molecule has 1 aliphatic rings. The van der Waals surface area contributed by atoms with Crippen LogP contribution in [0, 0.1) is 0 Å². The second-order valence-electron chi connectivity index (χ2n) is 5.57. The molecule has 1 aliphatic carbocycles. The second kappa shape index (κ2) is 7.11. The zero-order chi connectivity index (χ0) is 16.9. The molecular formula is C17H19N3O3. The van der Waals surface area contributed by atoms with Crippen molar-refractivity contribution >= 4 is 18.5 Å². The Morgan fingerprint density at radius 3 is 2.74 bits per heavy atom. The summed E-state index contributed by atoms with van der Waals surface area (Å²) in [4.78, 5) is 30.2. The van der Waals surface area contributed by atoms with Crippen LogP contribution in [0.25, 0.3) is 0 Å². The Morgan fingerprint density at radius 2 is 2.04 bits per heavy atom. The minimum Gasteiger partial charge on any atom is -0.400 e. The average molecular weight is 313 g/mol. The predicted octanol–water partition coefficient (Wildman–Crippen LogP) is 1.52.